The molecule has 9 nitrogen and oxygen atoms in total. The molecule has 0 spiro atoms. The number of hydrogen-bond acceptors (Lipinski definition) is 9. The van der Waals surface area contributed by atoms with Crippen LogP contribution in [0.2, 0.25) is 0 Å². The molecule has 1 aliphatic rings. The summed E-state index contributed by atoms with van der Waals surface area (Å²) in [6, 6.07) is 3.72. The van der Waals surface area contributed by atoms with Gasteiger partial charge in [-0.25, -0.2) is 4.79 Å². The van der Waals surface area contributed by atoms with Gasteiger partial charge in [-0.2, -0.15) is 0 Å². The third-order valence-electron chi connectivity index (χ3n) is 3.49. The van der Waals surface area contributed by atoms with Crippen LogP contribution >= 0.6 is 0 Å². The average molecular weight is 330 g/mol. The summed E-state index contributed by atoms with van der Waals surface area (Å²) < 4.78 is 14.9. The first kappa shape index (κ1) is 17.4. The molecule has 0 bridgehead atoms. The zero-order valence-electron chi connectivity index (χ0n) is 12.2. The number of phenolic OH excluding ortho intramolecular Hbond substituents is 1. The Labute approximate surface area is 131 Å². The lowest BCUT2D eigenvalue weighted by Gasteiger charge is -2.39. The van der Waals surface area contributed by atoms with Crippen LogP contribution in [0.4, 0.5) is 0 Å². The molecule has 5 unspecified atom stereocenters. The number of hydrogen-bond donors (Lipinski definition) is 5. The summed E-state index contributed by atoms with van der Waals surface area (Å²) in [5.74, 6) is -1.03. The number of ether oxygens (including phenoxy) is 3. The van der Waals surface area contributed by atoms with E-state index in [2.05, 4.69) is 0 Å². The van der Waals surface area contributed by atoms with Crippen LogP contribution in [0.15, 0.2) is 18.2 Å². The molecule has 1 saturated heterocycles. The van der Waals surface area contributed by atoms with Crippen LogP contribution in [0.5, 0.6) is 11.5 Å². The van der Waals surface area contributed by atoms with Crippen LogP contribution in [0.3, 0.4) is 0 Å². The average Bonchev–Trinajstić information content (AvgIpc) is 2.55. The van der Waals surface area contributed by atoms with E-state index in [0.29, 0.717) is 0 Å². The maximum Gasteiger partial charge on any atom is 0.340 e. The van der Waals surface area contributed by atoms with E-state index in [1.807, 2.05) is 0 Å². The van der Waals surface area contributed by atoms with Gasteiger partial charge in [-0.1, -0.05) is 0 Å². The van der Waals surface area contributed by atoms with E-state index < -0.39 is 43.3 Å². The van der Waals surface area contributed by atoms with Crippen LogP contribution in [0.1, 0.15) is 10.4 Å². The second-order valence-electron chi connectivity index (χ2n) is 4.99. The van der Waals surface area contributed by atoms with Crippen LogP contribution in [-0.2, 0) is 9.47 Å². The number of aliphatic hydroxyl groups is 4. The Morgan fingerprint density at radius 3 is 2.52 bits per heavy atom. The lowest BCUT2D eigenvalue weighted by molar-refractivity contribution is -0.285. The Bertz CT molecular complexity index is 559. The smallest absolute Gasteiger partial charge is 0.340 e. The molecule has 23 heavy (non-hydrogen) atoms. The molecule has 0 aromatic heterocycles. The highest BCUT2D eigenvalue weighted by Crippen LogP contribution is 2.28. The molecule has 5 N–H and O–H groups in total. The number of benzene rings is 1. The van der Waals surface area contributed by atoms with Crippen molar-refractivity contribution >= 4 is 5.97 Å². The van der Waals surface area contributed by atoms with Gasteiger partial charge in [-0.3, -0.25) is 0 Å². The molecular formula is C14H18O9. The molecule has 1 aromatic carbocycles. The van der Waals surface area contributed by atoms with E-state index in [4.69, 9.17) is 19.3 Å². The first-order valence-corrected chi connectivity index (χ1v) is 6.77. The highest BCUT2D eigenvalue weighted by Gasteiger charge is 2.45. The van der Waals surface area contributed by atoms with Gasteiger partial charge in [0.05, 0.1) is 19.3 Å². The lowest BCUT2D eigenvalue weighted by atomic mass is 9.99. The Kier molecular flexibility index (Phi) is 5.39. The van der Waals surface area contributed by atoms with E-state index in [1.54, 1.807) is 0 Å². The van der Waals surface area contributed by atoms with Crippen LogP contribution in [0.25, 0.3) is 0 Å². The highest BCUT2D eigenvalue weighted by molar-refractivity contribution is 5.90. The van der Waals surface area contributed by atoms with E-state index in [9.17, 15) is 25.2 Å². The molecule has 128 valence electrons. The van der Waals surface area contributed by atoms with Gasteiger partial charge in [0.1, 0.15) is 24.4 Å². The van der Waals surface area contributed by atoms with Crippen molar-refractivity contribution in [3.63, 3.8) is 0 Å². The molecule has 0 radical (unpaired) electrons. The van der Waals surface area contributed by atoms with E-state index in [1.165, 1.54) is 25.3 Å². The number of aromatic hydroxyl groups is 1. The van der Waals surface area contributed by atoms with Gasteiger partial charge in [-0.05, 0) is 18.2 Å². The zero-order valence-corrected chi connectivity index (χ0v) is 12.2. The van der Waals surface area contributed by atoms with Gasteiger partial charge in [0, 0.05) is 0 Å². The van der Waals surface area contributed by atoms with Crippen molar-refractivity contribution in [1.82, 2.24) is 0 Å². The molecule has 0 saturated carbocycles. The summed E-state index contributed by atoms with van der Waals surface area (Å²) in [6.45, 7) is -0.633. The Morgan fingerprint density at radius 2 is 1.91 bits per heavy atom. The van der Waals surface area contributed by atoms with Gasteiger partial charge in [0.2, 0.25) is 6.29 Å². The van der Waals surface area contributed by atoms with Crippen LogP contribution in [-0.4, -0.2) is 75.9 Å². The normalized spacial score (nSPS) is 30.7. The Balaban J connectivity index is 2.12. The lowest BCUT2D eigenvalue weighted by Crippen LogP contribution is -2.59. The minimum Gasteiger partial charge on any atom is -0.504 e. The third kappa shape index (κ3) is 3.54. The summed E-state index contributed by atoms with van der Waals surface area (Å²) in [6.07, 6.45) is -7.62. The minimum atomic E-state index is -1.68. The van der Waals surface area contributed by atoms with Gasteiger partial charge >= 0.3 is 5.97 Å². The number of methoxy groups -OCH3 is 1. The number of phenols is 1. The maximum atomic E-state index is 12.1. The summed E-state index contributed by atoms with van der Waals surface area (Å²) >= 11 is 0. The van der Waals surface area contributed by atoms with Crippen molar-refractivity contribution < 1.29 is 44.5 Å². The van der Waals surface area contributed by atoms with E-state index >= 15 is 0 Å². The van der Waals surface area contributed by atoms with Crippen molar-refractivity contribution in [2.45, 2.75) is 30.7 Å². The molecule has 2 rings (SSSR count). The summed E-state index contributed by atoms with van der Waals surface area (Å²) in [5, 5.41) is 47.6. The quantitative estimate of drug-likeness (QED) is 0.410. The van der Waals surface area contributed by atoms with Gasteiger partial charge < -0.3 is 39.7 Å². The fourth-order valence-corrected chi connectivity index (χ4v) is 2.14. The largest absolute Gasteiger partial charge is 0.504 e. The first-order valence-electron chi connectivity index (χ1n) is 6.77. The number of aliphatic hydroxyl groups excluding tert-OH is 4. The van der Waals surface area contributed by atoms with Crippen LogP contribution < -0.4 is 4.74 Å². The van der Waals surface area contributed by atoms with Gasteiger partial charge in [-0.15, -0.1) is 0 Å². The highest BCUT2D eigenvalue weighted by atomic mass is 16.7. The molecule has 5 atom stereocenters. The van der Waals surface area contributed by atoms with Gasteiger partial charge in [0.25, 0.3) is 0 Å². The maximum absolute atomic E-state index is 12.1. The molecule has 0 aliphatic carbocycles. The third-order valence-corrected chi connectivity index (χ3v) is 3.49. The summed E-state index contributed by atoms with van der Waals surface area (Å²) in [4.78, 5) is 12.1. The van der Waals surface area contributed by atoms with Crippen molar-refractivity contribution in [1.29, 1.82) is 0 Å². The zero-order chi connectivity index (χ0) is 17.1. The Morgan fingerprint density at radius 1 is 1.22 bits per heavy atom. The van der Waals surface area contributed by atoms with E-state index in [-0.39, 0.29) is 17.1 Å². The SMILES string of the molecule is COc1cc(C(=O)OC2OC(CO)C(O)C(O)C2O)ccc1O. The van der Waals surface area contributed by atoms with Crippen molar-refractivity contribution in [2.75, 3.05) is 13.7 Å². The van der Waals surface area contributed by atoms with Crippen molar-refractivity contribution in [3.8, 4) is 11.5 Å². The fourth-order valence-electron chi connectivity index (χ4n) is 2.14. The molecule has 1 aromatic rings. The molecule has 9 heteroatoms. The van der Waals surface area contributed by atoms with Crippen molar-refractivity contribution in [2.24, 2.45) is 0 Å². The molecule has 1 fully saturated rings. The molecule has 0 amide bonds. The standard InChI is InChI=1S/C14H18O9/c1-21-8-4-6(2-3-7(8)16)13(20)23-14-12(19)11(18)10(17)9(5-15)22-14/h2-4,9-12,14-19H,5H2,1H3. The van der Waals surface area contributed by atoms with Gasteiger partial charge in [0.15, 0.2) is 11.5 Å². The molecule has 1 aliphatic heterocycles. The number of carbonyl (C=O) groups is 1. The number of rotatable bonds is 4. The predicted molar refractivity (Wildman–Crippen MR) is 73.8 cm³/mol. The van der Waals surface area contributed by atoms with Crippen molar-refractivity contribution in [3.05, 3.63) is 23.8 Å². The topological polar surface area (TPSA) is 146 Å². The fraction of sp³-hybridized carbons (Fsp3) is 0.500. The number of carbonyl (C=O) groups excluding carboxylic acids is 1. The predicted octanol–water partition coefficient (Wildman–Crippen LogP) is -1.64. The monoisotopic (exact) mass is 330 g/mol. The first-order chi connectivity index (χ1) is 10.9. The second kappa shape index (κ2) is 7.11. The van der Waals surface area contributed by atoms with E-state index in [0.717, 1.165) is 0 Å². The summed E-state index contributed by atoms with van der Waals surface area (Å²) in [5.41, 5.74) is 0.0108. The molecular weight excluding hydrogens is 312 g/mol. The second-order valence-corrected chi connectivity index (χ2v) is 4.99. The van der Waals surface area contributed by atoms with Crippen LogP contribution in [0, 0.1) is 0 Å². The molecule has 1 heterocycles. The minimum absolute atomic E-state index is 0.0108. The Hall–Kier alpha value is -1.91. The number of esters is 1. The summed E-state index contributed by atoms with van der Waals surface area (Å²) in [7, 11) is 1.31.